The molecule has 162 valence electrons. The second-order valence-electron chi connectivity index (χ2n) is 7.74. The molecule has 0 saturated carbocycles. The summed E-state index contributed by atoms with van der Waals surface area (Å²) < 4.78 is 7.43. The predicted octanol–water partition coefficient (Wildman–Crippen LogP) is 4.84. The van der Waals surface area contributed by atoms with Gasteiger partial charge in [-0.05, 0) is 67.8 Å². The molecule has 32 heavy (non-hydrogen) atoms. The average molecular weight is 428 g/mol. The van der Waals surface area contributed by atoms with Crippen LogP contribution in [-0.4, -0.2) is 15.4 Å². The molecular weight excluding hydrogens is 404 g/mol. The molecule has 0 aliphatic rings. The first-order valence-electron chi connectivity index (χ1n) is 10.2. The Morgan fingerprint density at radius 2 is 1.69 bits per heavy atom. The number of carbonyl (C=O) groups is 1. The average Bonchev–Trinajstić information content (AvgIpc) is 2.73. The van der Waals surface area contributed by atoms with Crippen LogP contribution in [0.1, 0.15) is 22.4 Å². The first kappa shape index (κ1) is 21.1. The highest BCUT2D eigenvalue weighted by atomic mass is 16.5. The van der Waals surface area contributed by atoms with E-state index in [0.717, 1.165) is 22.4 Å². The zero-order valence-corrected chi connectivity index (χ0v) is 18.2. The van der Waals surface area contributed by atoms with Gasteiger partial charge in [-0.2, -0.15) is 0 Å². The maximum absolute atomic E-state index is 12.3. The van der Waals surface area contributed by atoms with Crippen molar-refractivity contribution in [3.05, 3.63) is 99.6 Å². The van der Waals surface area contributed by atoms with Crippen molar-refractivity contribution in [3.63, 3.8) is 0 Å². The van der Waals surface area contributed by atoms with Crippen molar-refractivity contribution in [1.29, 1.82) is 0 Å². The number of carbonyl (C=O) groups excluding carboxylic acids is 1. The smallest absolute Gasteiger partial charge is 0.323 e. The van der Waals surface area contributed by atoms with E-state index in [1.807, 2.05) is 69.3 Å². The number of amides is 2. The van der Waals surface area contributed by atoms with E-state index in [4.69, 9.17) is 4.74 Å². The number of aryl methyl sites for hydroxylation is 3. The van der Waals surface area contributed by atoms with Gasteiger partial charge in [-0.1, -0.05) is 18.2 Å². The second-order valence-corrected chi connectivity index (χ2v) is 7.74. The van der Waals surface area contributed by atoms with Crippen molar-refractivity contribution in [2.24, 2.45) is 0 Å². The fourth-order valence-electron chi connectivity index (χ4n) is 3.33. The molecular formula is C25H24N4O3. The van der Waals surface area contributed by atoms with Crippen LogP contribution in [0.3, 0.4) is 0 Å². The minimum absolute atomic E-state index is 0.138. The summed E-state index contributed by atoms with van der Waals surface area (Å²) in [5.41, 5.74) is 5.26. The van der Waals surface area contributed by atoms with Gasteiger partial charge in [0.1, 0.15) is 18.0 Å². The maximum atomic E-state index is 12.3. The molecule has 2 aromatic heterocycles. The van der Waals surface area contributed by atoms with E-state index in [-0.39, 0.29) is 18.2 Å². The molecule has 7 nitrogen and oxygen atoms in total. The Morgan fingerprint density at radius 3 is 2.47 bits per heavy atom. The second kappa shape index (κ2) is 8.93. The summed E-state index contributed by atoms with van der Waals surface area (Å²) in [5, 5.41) is 5.63. The van der Waals surface area contributed by atoms with E-state index in [2.05, 4.69) is 15.6 Å². The van der Waals surface area contributed by atoms with Gasteiger partial charge in [-0.3, -0.25) is 9.20 Å². The number of nitrogens with one attached hydrogen (secondary N) is 2. The minimum Gasteiger partial charge on any atom is -0.487 e. The molecule has 0 fully saturated rings. The molecule has 0 aliphatic heterocycles. The van der Waals surface area contributed by atoms with Gasteiger partial charge in [-0.15, -0.1) is 0 Å². The lowest BCUT2D eigenvalue weighted by molar-refractivity contribution is 0.262. The molecule has 4 aromatic rings. The summed E-state index contributed by atoms with van der Waals surface area (Å²) in [6.45, 7) is 5.97. The third kappa shape index (κ3) is 4.95. The van der Waals surface area contributed by atoms with Crippen molar-refractivity contribution in [2.45, 2.75) is 27.4 Å². The molecule has 0 spiro atoms. The van der Waals surface area contributed by atoms with Crippen LogP contribution in [-0.2, 0) is 6.61 Å². The Kier molecular flexibility index (Phi) is 5.89. The summed E-state index contributed by atoms with van der Waals surface area (Å²) in [5.74, 6) is 0.601. The summed E-state index contributed by atoms with van der Waals surface area (Å²) in [7, 11) is 0. The van der Waals surface area contributed by atoms with Gasteiger partial charge >= 0.3 is 6.03 Å². The first-order valence-corrected chi connectivity index (χ1v) is 10.2. The normalized spacial score (nSPS) is 10.7. The van der Waals surface area contributed by atoms with Crippen LogP contribution in [0.15, 0.2) is 71.7 Å². The minimum atomic E-state index is -0.343. The fraction of sp³-hybridized carbons (Fsp3) is 0.160. The molecule has 0 saturated heterocycles. The number of nitrogens with zero attached hydrogens (tertiary/aromatic N) is 2. The van der Waals surface area contributed by atoms with Gasteiger partial charge in [0.15, 0.2) is 0 Å². The summed E-state index contributed by atoms with van der Waals surface area (Å²) >= 11 is 0. The van der Waals surface area contributed by atoms with Crippen LogP contribution in [0.2, 0.25) is 0 Å². The molecule has 0 bridgehead atoms. The molecule has 0 atom stereocenters. The molecule has 2 N–H and O–H groups in total. The van der Waals surface area contributed by atoms with E-state index in [9.17, 15) is 9.59 Å². The Bertz CT molecular complexity index is 1360. The number of benzene rings is 2. The SMILES string of the molecule is Cc1cccc(NC(=O)Nc2ccc(C)c(OCc3cc(=O)n4ccc(C)cc4n3)c2)c1. The van der Waals surface area contributed by atoms with E-state index in [1.54, 1.807) is 12.3 Å². The lowest BCUT2D eigenvalue weighted by atomic mass is 10.2. The highest BCUT2D eigenvalue weighted by molar-refractivity contribution is 5.99. The molecule has 2 heterocycles. The monoisotopic (exact) mass is 428 g/mol. The number of urea groups is 1. The topological polar surface area (TPSA) is 84.7 Å². The van der Waals surface area contributed by atoms with Crippen molar-refractivity contribution in [1.82, 2.24) is 9.38 Å². The first-order chi connectivity index (χ1) is 15.4. The van der Waals surface area contributed by atoms with E-state index in [1.165, 1.54) is 10.5 Å². The number of hydrogen-bond donors (Lipinski definition) is 2. The van der Waals surface area contributed by atoms with Crippen molar-refractivity contribution >= 4 is 23.1 Å². The van der Waals surface area contributed by atoms with Gasteiger partial charge in [-0.25, -0.2) is 9.78 Å². The number of fused-ring (bicyclic) bond motifs is 1. The van der Waals surface area contributed by atoms with Crippen LogP contribution in [0.25, 0.3) is 5.65 Å². The lowest BCUT2D eigenvalue weighted by Gasteiger charge is -2.13. The van der Waals surface area contributed by atoms with Gasteiger partial charge in [0, 0.05) is 29.7 Å². The third-order valence-electron chi connectivity index (χ3n) is 4.97. The van der Waals surface area contributed by atoms with Crippen LogP contribution >= 0.6 is 0 Å². The Labute approximate surface area is 185 Å². The number of pyridine rings is 1. The van der Waals surface area contributed by atoms with Crippen LogP contribution in [0.4, 0.5) is 16.2 Å². The molecule has 0 aliphatic carbocycles. The van der Waals surface area contributed by atoms with Crippen LogP contribution < -0.4 is 20.9 Å². The van der Waals surface area contributed by atoms with Crippen LogP contribution in [0, 0.1) is 20.8 Å². The quantitative estimate of drug-likeness (QED) is 0.476. The highest BCUT2D eigenvalue weighted by Crippen LogP contribution is 2.24. The number of hydrogen-bond acceptors (Lipinski definition) is 4. The predicted molar refractivity (Wildman–Crippen MR) is 126 cm³/mol. The number of rotatable bonds is 5. The number of ether oxygens (including phenoxy) is 1. The number of anilines is 2. The van der Waals surface area contributed by atoms with Crippen LogP contribution in [0.5, 0.6) is 5.75 Å². The van der Waals surface area contributed by atoms with Gasteiger partial charge in [0.2, 0.25) is 0 Å². The Morgan fingerprint density at radius 1 is 0.938 bits per heavy atom. The molecule has 2 amide bonds. The molecule has 7 heteroatoms. The maximum Gasteiger partial charge on any atom is 0.323 e. The summed E-state index contributed by atoms with van der Waals surface area (Å²) in [6, 6.07) is 17.8. The summed E-state index contributed by atoms with van der Waals surface area (Å²) in [4.78, 5) is 29.2. The largest absolute Gasteiger partial charge is 0.487 e. The molecule has 4 rings (SSSR count). The van der Waals surface area contributed by atoms with Gasteiger partial charge in [0.05, 0.1) is 5.69 Å². The van der Waals surface area contributed by atoms with Crippen molar-refractivity contribution in [3.8, 4) is 5.75 Å². The van der Waals surface area contributed by atoms with Gasteiger partial charge < -0.3 is 15.4 Å². The zero-order valence-electron chi connectivity index (χ0n) is 18.2. The van der Waals surface area contributed by atoms with E-state index >= 15 is 0 Å². The van der Waals surface area contributed by atoms with Crippen molar-refractivity contribution < 1.29 is 9.53 Å². The van der Waals surface area contributed by atoms with Crippen molar-refractivity contribution in [2.75, 3.05) is 10.6 Å². The third-order valence-corrected chi connectivity index (χ3v) is 4.97. The number of aromatic nitrogens is 2. The molecule has 2 aromatic carbocycles. The fourth-order valence-corrected chi connectivity index (χ4v) is 3.33. The lowest BCUT2D eigenvalue weighted by Crippen LogP contribution is -2.19. The van der Waals surface area contributed by atoms with E-state index in [0.29, 0.717) is 22.8 Å². The zero-order chi connectivity index (χ0) is 22.7. The highest BCUT2D eigenvalue weighted by Gasteiger charge is 2.08. The standard InChI is InChI=1S/C25H24N4O3/c1-16-5-4-6-19(11-16)27-25(31)28-20-8-7-18(3)22(13-20)32-15-21-14-24(30)29-10-9-17(2)12-23(29)26-21/h4-14H,15H2,1-3H3,(H2,27,28,31). The molecule has 0 unspecified atom stereocenters. The van der Waals surface area contributed by atoms with Gasteiger partial charge in [0.25, 0.3) is 5.56 Å². The summed E-state index contributed by atoms with van der Waals surface area (Å²) in [6.07, 6.45) is 1.71. The van der Waals surface area contributed by atoms with E-state index < -0.39 is 0 Å². The Balaban J connectivity index is 1.46. The Hall–Kier alpha value is -4.13. The molecule has 0 radical (unpaired) electrons.